The lowest BCUT2D eigenvalue weighted by Crippen LogP contribution is -2.13. The molecule has 0 unspecified atom stereocenters. The van der Waals surface area contributed by atoms with Crippen molar-refractivity contribution in [3.05, 3.63) is 35.9 Å². The van der Waals surface area contributed by atoms with Crippen LogP contribution in [0.3, 0.4) is 0 Å². The third-order valence-corrected chi connectivity index (χ3v) is 3.63. The number of rotatable bonds is 5. The van der Waals surface area contributed by atoms with Crippen molar-refractivity contribution in [1.82, 2.24) is 0 Å². The Morgan fingerprint density at radius 3 is 2.50 bits per heavy atom. The topological polar surface area (TPSA) is 26.3 Å². The van der Waals surface area contributed by atoms with Gasteiger partial charge in [0.05, 0.1) is 0 Å². The summed E-state index contributed by atoms with van der Waals surface area (Å²) in [7, 11) is 1.58. The SMILES string of the molecule is CC[C@H](C)SC(=O)[C@H](OC)c1ccccc1. The number of carbonyl (C=O) groups excluding carboxylic acids is 1. The summed E-state index contributed by atoms with van der Waals surface area (Å²) in [6.07, 6.45) is 0.543. The van der Waals surface area contributed by atoms with Crippen molar-refractivity contribution in [2.75, 3.05) is 7.11 Å². The fourth-order valence-corrected chi connectivity index (χ4v) is 2.26. The fourth-order valence-electron chi connectivity index (χ4n) is 1.34. The lowest BCUT2D eigenvalue weighted by molar-refractivity contribution is -0.120. The van der Waals surface area contributed by atoms with Crippen molar-refractivity contribution in [2.45, 2.75) is 31.6 Å². The molecular weight excluding hydrogens is 220 g/mol. The molecule has 1 rings (SSSR count). The van der Waals surface area contributed by atoms with E-state index < -0.39 is 6.10 Å². The Labute approximate surface area is 101 Å². The molecule has 0 aromatic heterocycles. The van der Waals surface area contributed by atoms with Crippen molar-refractivity contribution in [1.29, 1.82) is 0 Å². The second-order valence-corrected chi connectivity index (χ2v) is 5.12. The molecule has 0 saturated carbocycles. The first kappa shape index (κ1) is 13.3. The minimum absolute atomic E-state index is 0.0862. The molecule has 0 aliphatic heterocycles. The Morgan fingerprint density at radius 2 is 2.00 bits per heavy atom. The van der Waals surface area contributed by atoms with Crippen LogP contribution in [0.5, 0.6) is 0 Å². The van der Waals surface area contributed by atoms with Crippen LogP contribution in [-0.4, -0.2) is 17.5 Å². The van der Waals surface area contributed by atoms with Crippen LogP contribution in [0.25, 0.3) is 0 Å². The highest BCUT2D eigenvalue weighted by atomic mass is 32.2. The van der Waals surface area contributed by atoms with Gasteiger partial charge in [0.25, 0.3) is 0 Å². The molecule has 88 valence electrons. The molecule has 0 bridgehead atoms. The largest absolute Gasteiger partial charge is 0.368 e. The second kappa shape index (κ2) is 6.71. The molecule has 0 aliphatic rings. The van der Waals surface area contributed by atoms with Crippen LogP contribution in [0.1, 0.15) is 31.9 Å². The van der Waals surface area contributed by atoms with Gasteiger partial charge in [-0.2, -0.15) is 0 Å². The summed E-state index contributed by atoms with van der Waals surface area (Å²) in [5, 5.41) is 0.428. The van der Waals surface area contributed by atoms with E-state index in [0.29, 0.717) is 5.25 Å². The van der Waals surface area contributed by atoms with E-state index >= 15 is 0 Å². The zero-order valence-corrected chi connectivity index (χ0v) is 10.8. The molecule has 0 amide bonds. The molecule has 0 saturated heterocycles. The molecule has 3 heteroatoms. The normalized spacial score (nSPS) is 14.4. The molecule has 1 aromatic rings. The number of thioether (sulfide) groups is 1. The standard InChI is InChI=1S/C13H18O2S/c1-4-10(2)16-13(14)12(15-3)11-8-6-5-7-9-11/h5-10,12H,4H2,1-3H3/t10-,12+/m0/s1. The van der Waals surface area contributed by atoms with Crippen LogP contribution in [0.15, 0.2) is 30.3 Å². The molecule has 0 spiro atoms. The van der Waals surface area contributed by atoms with Crippen LogP contribution in [0, 0.1) is 0 Å². The monoisotopic (exact) mass is 238 g/mol. The molecule has 1 aromatic carbocycles. The smallest absolute Gasteiger partial charge is 0.222 e. The third kappa shape index (κ3) is 3.65. The molecule has 16 heavy (non-hydrogen) atoms. The number of benzene rings is 1. The Bertz CT molecular complexity index is 324. The van der Waals surface area contributed by atoms with E-state index in [1.165, 1.54) is 11.8 Å². The summed E-state index contributed by atoms with van der Waals surface area (Å²) in [5.41, 5.74) is 0.922. The maximum absolute atomic E-state index is 12.0. The maximum atomic E-state index is 12.0. The number of hydrogen-bond acceptors (Lipinski definition) is 3. The molecule has 0 radical (unpaired) electrons. The van der Waals surface area contributed by atoms with Gasteiger partial charge in [-0.15, -0.1) is 0 Å². The summed E-state index contributed by atoms with van der Waals surface area (Å²) in [5.74, 6) is 0. The third-order valence-electron chi connectivity index (χ3n) is 2.44. The van der Waals surface area contributed by atoms with E-state index in [1.807, 2.05) is 30.3 Å². The zero-order chi connectivity index (χ0) is 12.0. The van der Waals surface area contributed by atoms with Crippen molar-refractivity contribution < 1.29 is 9.53 Å². The number of methoxy groups -OCH3 is 1. The van der Waals surface area contributed by atoms with Gasteiger partial charge in [-0.1, -0.05) is 55.9 Å². The van der Waals surface area contributed by atoms with Gasteiger partial charge >= 0.3 is 0 Å². The van der Waals surface area contributed by atoms with Crippen molar-refractivity contribution in [3.8, 4) is 0 Å². The van der Waals surface area contributed by atoms with Crippen LogP contribution in [-0.2, 0) is 9.53 Å². The quantitative estimate of drug-likeness (QED) is 0.786. The van der Waals surface area contributed by atoms with Gasteiger partial charge in [-0.25, -0.2) is 0 Å². The Hall–Kier alpha value is -0.800. The van der Waals surface area contributed by atoms with Crippen molar-refractivity contribution >= 4 is 16.9 Å². The van der Waals surface area contributed by atoms with Gasteiger partial charge < -0.3 is 4.74 Å². The van der Waals surface area contributed by atoms with Crippen molar-refractivity contribution in [2.24, 2.45) is 0 Å². The summed E-state index contributed by atoms with van der Waals surface area (Å²) < 4.78 is 5.27. The average molecular weight is 238 g/mol. The zero-order valence-electron chi connectivity index (χ0n) is 9.97. The summed E-state index contributed by atoms with van der Waals surface area (Å²) in [4.78, 5) is 12.0. The molecule has 0 aliphatic carbocycles. The molecule has 0 N–H and O–H groups in total. The second-order valence-electron chi connectivity index (χ2n) is 3.68. The first-order valence-corrected chi connectivity index (χ1v) is 6.35. The predicted octanol–water partition coefficient (Wildman–Crippen LogP) is 3.43. The number of carbonyl (C=O) groups is 1. The van der Waals surface area contributed by atoms with E-state index in [9.17, 15) is 4.79 Å². The summed E-state index contributed by atoms with van der Waals surface area (Å²) in [6, 6.07) is 9.61. The van der Waals surface area contributed by atoms with Crippen LogP contribution in [0.4, 0.5) is 0 Å². The highest BCUT2D eigenvalue weighted by Gasteiger charge is 2.21. The predicted molar refractivity (Wildman–Crippen MR) is 68.5 cm³/mol. The fraction of sp³-hybridized carbons (Fsp3) is 0.462. The van der Waals surface area contributed by atoms with Gasteiger partial charge in [0.1, 0.15) is 0 Å². The molecular formula is C13H18O2S. The number of ether oxygens (including phenoxy) is 1. The highest BCUT2D eigenvalue weighted by Crippen LogP contribution is 2.26. The average Bonchev–Trinajstić information content (AvgIpc) is 2.31. The Kier molecular flexibility index (Phi) is 5.56. The summed E-state index contributed by atoms with van der Waals surface area (Å²) >= 11 is 1.36. The van der Waals surface area contributed by atoms with Gasteiger partial charge in [-0.3, -0.25) is 4.79 Å². The molecule has 2 atom stereocenters. The van der Waals surface area contributed by atoms with E-state index in [1.54, 1.807) is 7.11 Å². The molecule has 0 fully saturated rings. The van der Waals surface area contributed by atoms with Crippen LogP contribution >= 0.6 is 11.8 Å². The summed E-state index contributed by atoms with van der Waals surface area (Å²) in [6.45, 7) is 4.13. The number of hydrogen-bond donors (Lipinski definition) is 0. The molecule has 2 nitrogen and oxygen atoms in total. The lowest BCUT2D eigenvalue weighted by atomic mass is 10.1. The minimum atomic E-state index is -0.444. The van der Waals surface area contributed by atoms with E-state index in [4.69, 9.17) is 4.74 Å². The van der Waals surface area contributed by atoms with Gasteiger partial charge in [-0.05, 0) is 12.0 Å². The van der Waals surface area contributed by atoms with E-state index in [2.05, 4.69) is 13.8 Å². The first-order valence-electron chi connectivity index (χ1n) is 5.47. The van der Waals surface area contributed by atoms with Crippen molar-refractivity contribution in [3.63, 3.8) is 0 Å². The van der Waals surface area contributed by atoms with Gasteiger partial charge in [0, 0.05) is 12.4 Å². The maximum Gasteiger partial charge on any atom is 0.222 e. The van der Waals surface area contributed by atoms with Gasteiger partial charge in [0.15, 0.2) is 6.10 Å². The van der Waals surface area contributed by atoms with Crippen LogP contribution < -0.4 is 0 Å². The van der Waals surface area contributed by atoms with E-state index in [-0.39, 0.29) is 5.12 Å². The Morgan fingerprint density at radius 1 is 1.38 bits per heavy atom. The minimum Gasteiger partial charge on any atom is -0.368 e. The van der Waals surface area contributed by atoms with Gasteiger partial charge in [0.2, 0.25) is 5.12 Å². The first-order chi connectivity index (χ1) is 7.69. The lowest BCUT2D eigenvalue weighted by Gasteiger charge is -2.16. The molecule has 0 heterocycles. The van der Waals surface area contributed by atoms with Crippen LogP contribution in [0.2, 0.25) is 0 Å². The highest BCUT2D eigenvalue weighted by molar-refractivity contribution is 8.14. The van der Waals surface area contributed by atoms with E-state index in [0.717, 1.165) is 12.0 Å². The Balaban J connectivity index is 2.71.